The normalized spacial score (nSPS) is 11.5. The van der Waals surface area contributed by atoms with Crippen LogP contribution in [0.3, 0.4) is 0 Å². The Labute approximate surface area is 177 Å². The van der Waals surface area contributed by atoms with Crippen LogP contribution in [-0.2, 0) is 4.79 Å². The van der Waals surface area contributed by atoms with Crippen LogP contribution in [0.25, 0.3) is 5.52 Å². The monoisotopic (exact) mass is 411 g/mol. The van der Waals surface area contributed by atoms with Crippen molar-refractivity contribution in [3.05, 3.63) is 42.1 Å². The van der Waals surface area contributed by atoms with Crippen LogP contribution in [0.15, 0.2) is 36.5 Å². The third kappa shape index (κ3) is 5.21. The van der Waals surface area contributed by atoms with Crippen molar-refractivity contribution < 1.29 is 14.4 Å². The fourth-order valence-electron chi connectivity index (χ4n) is 3.24. The second-order valence-corrected chi connectivity index (χ2v) is 8.41. The fourth-order valence-corrected chi connectivity index (χ4v) is 3.24. The van der Waals surface area contributed by atoms with Crippen molar-refractivity contribution in [3.8, 4) is 5.75 Å². The zero-order chi connectivity index (χ0) is 21.7. The van der Waals surface area contributed by atoms with Crippen LogP contribution in [0.4, 0.5) is 22.9 Å². The molecule has 0 amide bonds. The van der Waals surface area contributed by atoms with E-state index in [1.807, 2.05) is 41.9 Å². The molecule has 4 N–H and O–H groups in total. The molecule has 0 radical (unpaired) electrons. The average molecular weight is 412 g/mol. The molecule has 0 fully saturated rings. The number of aromatic hydroxyl groups is 1. The summed E-state index contributed by atoms with van der Waals surface area (Å²) in [7, 11) is 6.54. The maximum Gasteiger partial charge on any atom is 0.172 e. The van der Waals surface area contributed by atoms with E-state index in [2.05, 4.69) is 42.2 Å². The molecule has 1 aromatic carbocycles. The van der Waals surface area contributed by atoms with Crippen molar-refractivity contribution >= 4 is 34.7 Å². The topological polar surface area (TPSA) is 90.7 Å². The first-order valence-electron chi connectivity index (χ1n) is 10.1. The molecule has 0 unspecified atom stereocenters. The number of phenols is 1. The molecule has 3 aromatic rings. The van der Waals surface area contributed by atoms with E-state index in [-0.39, 0.29) is 12.3 Å². The van der Waals surface area contributed by atoms with Crippen LogP contribution >= 0.6 is 0 Å². The van der Waals surface area contributed by atoms with E-state index >= 15 is 0 Å². The number of anilines is 4. The highest BCUT2D eigenvalue weighted by atomic mass is 16.3. The first kappa shape index (κ1) is 21.4. The highest BCUT2D eigenvalue weighted by Gasteiger charge is 2.16. The van der Waals surface area contributed by atoms with E-state index in [1.165, 1.54) is 0 Å². The van der Waals surface area contributed by atoms with Crippen molar-refractivity contribution in [2.75, 3.05) is 56.7 Å². The Balaban J connectivity index is 1.91. The molecule has 2 heterocycles. The number of rotatable bonds is 10. The molecule has 0 aliphatic rings. The van der Waals surface area contributed by atoms with Crippen LogP contribution in [0.2, 0.25) is 0 Å². The summed E-state index contributed by atoms with van der Waals surface area (Å²) in [6, 6.07) is 9.39. The van der Waals surface area contributed by atoms with E-state index in [0.29, 0.717) is 5.69 Å². The number of aryl methyl sites for hydroxylation is 1. The number of pyridine rings is 1. The summed E-state index contributed by atoms with van der Waals surface area (Å²) < 4.78 is 2.74. The van der Waals surface area contributed by atoms with Crippen LogP contribution < -0.4 is 16.0 Å². The predicted molar refractivity (Wildman–Crippen MR) is 122 cm³/mol. The predicted octanol–water partition coefficient (Wildman–Crippen LogP) is 3.21. The summed E-state index contributed by atoms with van der Waals surface area (Å²) in [4.78, 5) is 10.8. The molecule has 0 aliphatic heterocycles. The zero-order valence-electron chi connectivity index (χ0n) is 18.1. The van der Waals surface area contributed by atoms with E-state index < -0.39 is 0 Å². The molecule has 0 saturated heterocycles. The van der Waals surface area contributed by atoms with Gasteiger partial charge in [0.25, 0.3) is 0 Å². The van der Waals surface area contributed by atoms with E-state index in [4.69, 9.17) is 0 Å². The van der Waals surface area contributed by atoms with E-state index in [1.54, 1.807) is 6.07 Å². The molecule has 8 heteroatoms. The Bertz CT molecular complexity index is 1020. The largest absolute Gasteiger partial charge is 0.508 e. The summed E-state index contributed by atoms with van der Waals surface area (Å²) in [5.41, 5.74) is 3.93. The second kappa shape index (κ2) is 9.04. The first-order valence-corrected chi connectivity index (χ1v) is 10.1. The Hall–Kier alpha value is -3.26. The second-order valence-electron chi connectivity index (χ2n) is 8.41. The lowest BCUT2D eigenvalue weighted by Gasteiger charge is -2.23. The van der Waals surface area contributed by atoms with Gasteiger partial charge in [0.05, 0.1) is 51.1 Å². The van der Waals surface area contributed by atoms with Crippen LogP contribution in [-0.4, -0.2) is 66.3 Å². The van der Waals surface area contributed by atoms with Crippen molar-refractivity contribution in [1.29, 1.82) is 0 Å². The smallest absolute Gasteiger partial charge is 0.172 e. The third-order valence-electron chi connectivity index (χ3n) is 4.81. The molecule has 0 atom stereocenters. The Morgan fingerprint density at radius 1 is 1.17 bits per heavy atom. The molecule has 0 aliphatic carbocycles. The minimum Gasteiger partial charge on any atom is -0.508 e. The van der Waals surface area contributed by atoms with Gasteiger partial charge in [-0.3, -0.25) is 0 Å². The molecule has 0 spiro atoms. The summed E-state index contributed by atoms with van der Waals surface area (Å²) >= 11 is 0. The van der Waals surface area contributed by atoms with Gasteiger partial charge in [0.2, 0.25) is 0 Å². The fraction of sp³-hybridized carbons (Fsp3) is 0.364. The number of aromatic nitrogens is 2. The summed E-state index contributed by atoms with van der Waals surface area (Å²) in [5.74, 6) is 0.933. The molecule has 3 rings (SSSR count). The standard InChI is InChI=1S/C22H30N6O2/c1-16-14-18(17(15-20(16)30)23-10-13-29)25-21-19-8-5-6-11-27(19)26-22(21)24-9-7-12-28(2,3)4/h5-6,8,11,13-15,23,25H,7,9-10,12H2,1-4H3,(H-,24,26,30)/p+1. The number of benzene rings is 1. The van der Waals surface area contributed by atoms with Crippen molar-refractivity contribution in [1.82, 2.24) is 9.61 Å². The van der Waals surface area contributed by atoms with Gasteiger partial charge >= 0.3 is 0 Å². The number of fused-ring (bicyclic) bond motifs is 1. The molecule has 0 saturated carbocycles. The van der Waals surface area contributed by atoms with Gasteiger partial charge in [-0.1, -0.05) is 6.07 Å². The molecule has 30 heavy (non-hydrogen) atoms. The van der Waals surface area contributed by atoms with Crippen molar-refractivity contribution in [2.45, 2.75) is 13.3 Å². The Morgan fingerprint density at radius 3 is 2.70 bits per heavy atom. The Morgan fingerprint density at radius 2 is 1.97 bits per heavy atom. The van der Waals surface area contributed by atoms with Crippen LogP contribution in [0.1, 0.15) is 12.0 Å². The van der Waals surface area contributed by atoms with Crippen molar-refractivity contribution in [2.24, 2.45) is 0 Å². The average Bonchev–Trinajstić information content (AvgIpc) is 3.03. The van der Waals surface area contributed by atoms with Gasteiger partial charge in [0, 0.05) is 25.2 Å². The summed E-state index contributed by atoms with van der Waals surface area (Å²) in [5, 5.41) is 24.7. The van der Waals surface area contributed by atoms with Gasteiger partial charge in [-0.2, -0.15) is 0 Å². The number of phenolic OH excluding ortho intramolecular Hbond substituents is 1. The summed E-state index contributed by atoms with van der Waals surface area (Å²) in [6.07, 6.45) is 3.71. The Kier molecular flexibility index (Phi) is 6.47. The molecular weight excluding hydrogens is 380 g/mol. The van der Waals surface area contributed by atoms with Gasteiger partial charge in [-0.25, -0.2) is 4.52 Å². The minimum atomic E-state index is 0.155. The number of nitrogens with one attached hydrogen (secondary N) is 3. The number of carbonyl (C=O) groups is 1. The molecule has 0 bridgehead atoms. The first-order chi connectivity index (χ1) is 14.3. The number of nitrogens with zero attached hydrogens (tertiary/aromatic N) is 3. The lowest BCUT2D eigenvalue weighted by molar-refractivity contribution is -0.870. The summed E-state index contributed by atoms with van der Waals surface area (Å²) in [6.45, 7) is 3.85. The van der Waals surface area contributed by atoms with Gasteiger partial charge in [-0.15, -0.1) is 5.10 Å². The minimum absolute atomic E-state index is 0.155. The maximum atomic E-state index is 10.8. The molecule has 2 aromatic heterocycles. The van der Waals surface area contributed by atoms with Gasteiger partial charge in [0.1, 0.15) is 17.7 Å². The highest BCUT2D eigenvalue weighted by Crippen LogP contribution is 2.36. The molecule has 8 nitrogen and oxygen atoms in total. The lowest BCUT2D eigenvalue weighted by atomic mass is 10.1. The number of hydrogen-bond acceptors (Lipinski definition) is 6. The number of carbonyl (C=O) groups excluding carboxylic acids is 1. The zero-order valence-corrected chi connectivity index (χ0v) is 18.1. The van der Waals surface area contributed by atoms with Crippen molar-refractivity contribution in [3.63, 3.8) is 0 Å². The number of aldehydes is 1. The van der Waals surface area contributed by atoms with Gasteiger partial charge in [0.15, 0.2) is 5.82 Å². The SMILES string of the molecule is Cc1cc(Nc2c(NCCC[N+](C)(C)C)nn3ccccc23)c(NCC=O)cc1O. The maximum absolute atomic E-state index is 10.8. The molecule has 160 valence electrons. The van der Waals surface area contributed by atoms with E-state index in [9.17, 15) is 9.90 Å². The van der Waals surface area contributed by atoms with E-state index in [0.717, 1.165) is 58.6 Å². The number of hydrogen-bond donors (Lipinski definition) is 4. The quantitative estimate of drug-likeness (QED) is 0.177. The number of quaternary nitrogens is 1. The van der Waals surface area contributed by atoms with Crippen LogP contribution in [0.5, 0.6) is 5.75 Å². The van der Waals surface area contributed by atoms with Gasteiger partial charge < -0.3 is 30.3 Å². The lowest BCUT2D eigenvalue weighted by Crippen LogP contribution is -2.36. The van der Waals surface area contributed by atoms with Gasteiger partial charge in [-0.05, 0) is 30.7 Å². The van der Waals surface area contributed by atoms with Crippen LogP contribution in [0, 0.1) is 6.92 Å². The molecular formula is C22H31N6O2+. The third-order valence-corrected chi connectivity index (χ3v) is 4.81. The highest BCUT2D eigenvalue weighted by molar-refractivity contribution is 5.90.